The summed E-state index contributed by atoms with van der Waals surface area (Å²) in [7, 11) is 2.03. The Kier molecular flexibility index (Phi) is 3.00. The molecule has 0 aliphatic heterocycles. The molecule has 82 valence electrons. The van der Waals surface area contributed by atoms with Crippen LogP contribution in [0.25, 0.3) is 11.1 Å². The summed E-state index contributed by atoms with van der Waals surface area (Å²) in [5.41, 5.74) is 2.52. The molecule has 0 amide bonds. The lowest BCUT2D eigenvalue weighted by Gasteiger charge is -2.02. The minimum atomic E-state index is 0.516. The molecule has 2 rings (SSSR count). The molecule has 0 fully saturated rings. The van der Waals surface area contributed by atoms with Crippen LogP contribution in [0.3, 0.4) is 0 Å². The van der Waals surface area contributed by atoms with Crippen molar-refractivity contribution < 1.29 is 9.13 Å². The van der Waals surface area contributed by atoms with Crippen molar-refractivity contribution in [1.82, 2.24) is 0 Å². The zero-order valence-corrected chi connectivity index (χ0v) is 10.1. The Labute approximate surface area is 96.8 Å². The largest absolute Gasteiger partial charge is 0.208 e. The smallest absolute Gasteiger partial charge is 0.169 e. The predicted octanol–water partition coefficient (Wildman–Crippen LogP) is 2.05. The fraction of sp³-hybridized carbons (Fsp3) is 0.286. The Morgan fingerprint density at radius 2 is 1.25 bits per heavy atom. The molecule has 0 aliphatic rings. The number of aryl methyl sites for hydroxylation is 1. The summed E-state index contributed by atoms with van der Waals surface area (Å²) in [5, 5.41) is 0. The molecular formula is C14H18N2+2. The first-order valence-electron chi connectivity index (χ1n) is 5.63. The Balaban J connectivity index is 2.31. The van der Waals surface area contributed by atoms with Gasteiger partial charge in [0, 0.05) is 24.3 Å². The van der Waals surface area contributed by atoms with Gasteiger partial charge in [0.15, 0.2) is 30.8 Å². The van der Waals surface area contributed by atoms with E-state index in [0.717, 1.165) is 0 Å². The monoisotopic (exact) mass is 214 g/mol. The average Bonchev–Trinajstić information content (AvgIpc) is 2.30. The van der Waals surface area contributed by atoms with Crippen LogP contribution in [0.2, 0.25) is 0 Å². The van der Waals surface area contributed by atoms with Crippen molar-refractivity contribution in [2.45, 2.75) is 19.9 Å². The van der Waals surface area contributed by atoms with Crippen LogP contribution in [0.15, 0.2) is 49.1 Å². The molecular weight excluding hydrogens is 196 g/mol. The van der Waals surface area contributed by atoms with Gasteiger partial charge in [0.25, 0.3) is 0 Å². The summed E-state index contributed by atoms with van der Waals surface area (Å²) in [4.78, 5) is 0. The van der Waals surface area contributed by atoms with E-state index in [0.29, 0.717) is 6.04 Å². The summed E-state index contributed by atoms with van der Waals surface area (Å²) in [5.74, 6) is 0. The van der Waals surface area contributed by atoms with Gasteiger partial charge >= 0.3 is 0 Å². The molecule has 2 heterocycles. The van der Waals surface area contributed by atoms with Gasteiger partial charge in [-0.25, -0.2) is 9.13 Å². The minimum Gasteiger partial charge on any atom is -0.208 e. The summed E-state index contributed by atoms with van der Waals surface area (Å²) in [6, 6.07) is 9.11. The van der Waals surface area contributed by atoms with Crippen LogP contribution in [0, 0.1) is 0 Å². The lowest BCUT2D eigenvalue weighted by Crippen LogP contribution is -2.34. The van der Waals surface area contributed by atoms with Crippen LogP contribution < -0.4 is 9.13 Å². The topological polar surface area (TPSA) is 7.76 Å². The van der Waals surface area contributed by atoms with Crippen LogP contribution in [-0.4, -0.2) is 0 Å². The number of rotatable bonds is 2. The van der Waals surface area contributed by atoms with E-state index in [1.54, 1.807) is 0 Å². The maximum absolute atomic E-state index is 2.20. The molecule has 2 nitrogen and oxygen atoms in total. The molecule has 0 N–H and O–H groups in total. The summed E-state index contributed by atoms with van der Waals surface area (Å²) < 4.78 is 4.24. The molecule has 0 saturated carbocycles. The normalized spacial score (nSPS) is 10.8. The molecule has 16 heavy (non-hydrogen) atoms. The Hall–Kier alpha value is -1.70. The van der Waals surface area contributed by atoms with E-state index in [-0.39, 0.29) is 0 Å². The van der Waals surface area contributed by atoms with Crippen LogP contribution >= 0.6 is 0 Å². The molecule has 0 spiro atoms. The van der Waals surface area contributed by atoms with Gasteiger partial charge in [0.2, 0.25) is 0 Å². The zero-order valence-electron chi connectivity index (χ0n) is 10.1. The van der Waals surface area contributed by atoms with E-state index >= 15 is 0 Å². The molecule has 0 unspecified atom stereocenters. The van der Waals surface area contributed by atoms with Crippen molar-refractivity contribution in [3.8, 4) is 11.1 Å². The SMILES string of the molecule is CC(C)[n+]1ccc(-c2cc[n+](C)cc2)cc1. The number of pyridine rings is 2. The van der Waals surface area contributed by atoms with Crippen molar-refractivity contribution in [2.24, 2.45) is 7.05 Å². The van der Waals surface area contributed by atoms with Gasteiger partial charge in [-0.2, -0.15) is 0 Å². The van der Waals surface area contributed by atoms with Crippen molar-refractivity contribution in [1.29, 1.82) is 0 Å². The van der Waals surface area contributed by atoms with Crippen molar-refractivity contribution >= 4 is 0 Å². The predicted molar refractivity (Wildman–Crippen MR) is 63.6 cm³/mol. The summed E-state index contributed by atoms with van der Waals surface area (Å²) >= 11 is 0. The fourth-order valence-electron chi connectivity index (χ4n) is 1.67. The lowest BCUT2D eigenvalue weighted by molar-refractivity contribution is -0.716. The third-order valence-electron chi connectivity index (χ3n) is 2.76. The highest BCUT2D eigenvalue weighted by molar-refractivity contribution is 5.60. The Morgan fingerprint density at radius 1 is 0.812 bits per heavy atom. The quantitative estimate of drug-likeness (QED) is 0.676. The second kappa shape index (κ2) is 4.44. The van der Waals surface area contributed by atoms with Crippen LogP contribution in [0.4, 0.5) is 0 Å². The van der Waals surface area contributed by atoms with Gasteiger partial charge in [-0.15, -0.1) is 0 Å². The maximum atomic E-state index is 2.20. The number of hydrogen-bond donors (Lipinski definition) is 0. The second-order valence-corrected chi connectivity index (χ2v) is 4.38. The summed E-state index contributed by atoms with van der Waals surface area (Å²) in [6.45, 7) is 4.37. The first-order chi connectivity index (χ1) is 7.66. The van der Waals surface area contributed by atoms with E-state index in [2.05, 4.69) is 67.5 Å². The van der Waals surface area contributed by atoms with E-state index < -0.39 is 0 Å². The molecule has 2 aromatic rings. The van der Waals surface area contributed by atoms with Gasteiger partial charge in [-0.3, -0.25) is 0 Å². The first-order valence-corrected chi connectivity index (χ1v) is 5.63. The molecule has 0 bridgehead atoms. The molecule has 2 aromatic heterocycles. The number of aromatic nitrogens is 2. The van der Waals surface area contributed by atoms with E-state index in [9.17, 15) is 0 Å². The summed E-state index contributed by atoms with van der Waals surface area (Å²) in [6.07, 6.45) is 8.40. The van der Waals surface area contributed by atoms with Gasteiger partial charge in [-0.1, -0.05) is 0 Å². The fourth-order valence-corrected chi connectivity index (χ4v) is 1.67. The lowest BCUT2D eigenvalue weighted by atomic mass is 10.1. The maximum Gasteiger partial charge on any atom is 0.169 e. The van der Waals surface area contributed by atoms with Crippen molar-refractivity contribution in [2.75, 3.05) is 0 Å². The van der Waals surface area contributed by atoms with Gasteiger partial charge in [0.1, 0.15) is 7.05 Å². The Bertz CT molecular complexity index is 455. The third kappa shape index (κ3) is 2.27. The highest BCUT2D eigenvalue weighted by Gasteiger charge is 2.06. The van der Waals surface area contributed by atoms with E-state index in [4.69, 9.17) is 0 Å². The Morgan fingerprint density at radius 3 is 1.69 bits per heavy atom. The van der Waals surface area contributed by atoms with E-state index in [1.165, 1.54) is 11.1 Å². The molecule has 0 radical (unpaired) electrons. The van der Waals surface area contributed by atoms with Crippen molar-refractivity contribution in [3.63, 3.8) is 0 Å². The van der Waals surface area contributed by atoms with E-state index in [1.807, 2.05) is 11.6 Å². The standard InChI is InChI=1S/C14H18N2/c1-12(2)16-10-6-14(7-11-16)13-4-8-15(3)9-5-13/h4-12H,1-3H3/q+2. The van der Waals surface area contributed by atoms with Gasteiger partial charge < -0.3 is 0 Å². The molecule has 0 atom stereocenters. The minimum absolute atomic E-state index is 0.516. The van der Waals surface area contributed by atoms with Gasteiger partial charge in [-0.05, 0) is 25.0 Å². The number of nitrogens with zero attached hydrogens (tertiary/aromatic N) is 2. The zero-order chi connectivity index (χ0) is 11.5. The van der Waals surface area contributed by atoms with Crippen LogP contribution in [-0.2, 0) is 7.05 Å². The highest BCUT2D eigenvalue weighted by Crippen LogP contribution is 2.15. The molecule has 2 heteroatoms. The van der Waals surface area contributed by atoms with Crippen molar-refractivity contribution in [3.05, 3.63) is 49.1 Å². The molecule has 0 aliphatic carbocycles. The second-order valence-electron chi connectivity index (χ2n) is 4.38. The first kappa shape index (κ1) is 10.8. The van der Waals surface area contributed by atoms with Gasteiger partial charge in [0.05, 0.1) is 0 Å². The number of hydrogen-bond acceptors (Lipinski definition) is 0. The van der Waals surface area contributed by atoms with Crippen LogP contribution in [0.5, 0.6) is 0 Å². The third-order valence-corrected chi connectivity index (χ3v) is 2.76. The highest BCUT2D eigenvalue weighted by atomic mass is 15.0. The molecule has 0 aromatic carbocycles. The van der Waals surface area contributed by atoms with Crippen LogP contribution in [0.1, 0.15) is 19.9 Å². The average molecular weight is 214 g/mol. The molecule has 0 saturated heterocycles.